The Morgan fingerprint density at radius 3 is 2.17 bits per heavy atom. The van der Waals surface area contributed by atoms with Crippen molar-refractivity contribution in [1.29, 1.82) is 0 Å². The molecule has 0 saturated carbocycles. The van der Waals surface area contributed by atoms with Crippen LogP contribution in [0.15, 0.2) is 64.1 Å². The van der Waals surface area contributed by atoms with Crippen LogP contribution in [0.5, 0.6) is 0 Å². The van der Waals surface area contributed by atoms with Crippen molar-refractivity contribution in [3.63, 3.8) is 0 Å². The first kappa shape index (κ1) is 19.1. The average molecular weight is 410 g/mol. The first-order chi connectivity index (χ1) is 11.6. The van der Waals surface area contributed by atoms with Crippen molar-refractivity contribution >= 4 is 29.7 Å². The summed E-state index contributed by atoms with van der Waals surface area (Å²) in [5.74, 6) is -0.692. The van der Waals surface area contributed by atoms with E-state index in [0.717, 1.165) is 15.6 Å². The zero-order valence-electron chi connectivity index (χ0n) is 13.8. The fourth-order valence-electron chi connectivity index (χ4n) is 2.22. The Kier molecular flexibility index (Phi) is 7.38. The zero-order valence-corrected chi connectivity index (χ0v) is 16.2. The Balaban J connectivity index is 2.39. The summed E-state index contributed by atoms with van der Waals surface area (Å²) in [6.07, 6.45) is 1.70. The molecule has 24 heavy (non-hydrogen) atoms. The Morgan fingerprint density at radius 1 is 1.04 bits per heavy atom. The highest BCUT2D eigenvalue weighted by atomic mass is 79.9. The predicted octanol–water partition coefficient (Wildman–Crippen LogP) is 5.83. The van der Waals surface area contributed by atoms with Crippen LogP contribution >= 0.6 is 23.5 Å². The maximum Gasteiger partial charge on any atom is 0.359 e. The third kappa shape index (κ3) is 5.12. The van der Waals surface area contributed by atoms with E-state index in [1.54, 1.807) is 20.1 Å². The van der Waals surface area contributed by atoms with Crippen molar-refractivity contribution in [2.45, 2.75) is 19.6 Å². The first-order valence-electron chi connectivity index (χ1n) is 7.81. The van der Waals surface area contributed by atoms with Crippen LogP contribution in [0, 0.1) is 0 Å². The highest BCUT2D eigenvalue weighted by molar-refractivity contribution is 9.10. The van der Waals surface area contributed by atoms with Gasteiger partial charge in [0.15, 0.2) is 5.78 Å². The Bertz CT molecular complexity index is 694. The number of hydrogen-bond donors (Lipinski definition) is 0. The van der Waals surface area contributed by atoms with E-state index < -0.39 is 13.4 Å². The molecular weight excluding hydrogens is 389 g/mol. The lowest BCUT2D eigenvalue weighted by molar-refractivity contribution is 0.212. The van der Waals surface area contributed by atoms with Gasteiger partial charge in [-0.1, -0.05) is 58.4 Å². The molecule has 128 valence electrons. The van der Waals surface area contributed by atoms with E-state index in [-0.39, 0.29) is 0 Å². The maximum atomic E-state index is 13.2. The summed E-state index contributed by atoms with van der Waals surface area (Å²) in [4.78, 5) is 4.55. The minimum absolute atomic E-state index is 0.300. The van der Waals surface area contributed by atoms with Gasteiger partial charge in [0.1, 0.15) is 0 Å². The van der Waals surface area contributed by atoms with Crippen molar-refractivity contribution in [3.8, 4) is 0 Å². The van der Waals surface area contributed by atoms with Crippen LogP contribution in [0.4, 0.5) is 0 Å². The lowest BCUT2D eigenvalue weighted by atomic mass is 10.2. The van der Waals surface area contributed by atoms with Gasteiger partial charge in [-0.2, -0.15) is 0 Å². The minimum atomic E-state index is -3.41. The zero-order chi connectivity index (χ0) is 17.4. The van der Waals surface area contributed by atoms with Crippen LogP contribution < -0.4 is 0 Å². The summed E-state index contributed by atoms with van der Waals surface area (Å²) in [5, 5.41) is 0. The Labute approximate surface area is 151 Å². The number of rotatable bonds is 8. The smallest absolute Gasteiger partial charge is 0.307 e. The van der Waals surface area contributed by atoms with Gasteiger partial charge in [-0.15, -0.1) is 0 Å². The number of hydrogen-bond acceptors (Lipinski definition) is 4. The van der Waals surface area contributed by atoms with Crippen LogP contribution in [0.25, 0.3) is 0 Å². The van der Waals surface area contributed by atoms with Crippen molar-refractivity contribution in [2.75, 3.05) is 13.2 Å². The monoisotopic (exact) mass is 409 g/mol. The van der Waals surface area contributed by atoms with Gasteiger partial charge in [0.05, 0.1) is 13.2 Å². The largest absolute Gasteiger partial charge is 0.359 e. The third-order valence-corrected chi connectivity index (χ3v) is 6.05. The highest BCUT2D eigenvalue weighted by Crippen LogP contribution is 2.61. The summed E-state index contributed by atoms with van der Waals surface area (Å²) >= 11 is 3.41. The number of halogens is 1. The average Bonchev–Trinajstić information content (AvgIpc) is 2.58. The van der Waals surface area contributed by atoms with Crippen LogP contribution in [-0.4, -0.2) is 19.4 Å². The third-order valence-electron chi connectivity index (χ3n) is 3.25. The second kappa shape index (κ2) is 9.28. The fourth-order valence-corrected chi connectivity index (χ4v) is 4.33. The molecule has 0 N–H and O–H groups in total. The molecule has 0 spiro atoms. The van der Waals surface area contributed by atoms with Crippen molar-refractivity contribution in [3.05, 3.63) is 70.2 Å². The molecule has 1 unspecified atom stereocenters. The number of nitrogens with zero attached hydrogens (tertiary/aromatic N) is 1. The van der Waals surface area contributed by atoms with Gasteiger partial charge in [0, 0.05) is 10.7 Å². The second-order valence-electron chi connectivity index (χ2n) is 4.99. The molecule has 0 heterocycles. The lowest BCUT2D eigenvalue weighted by Gasteiger charge is -2.23. The molecule has 0 aliphatic heterocycles. The summed E-state index contributed by atoms with van der Waals surface area (Å²) in [6.45, 7) is 4.20. The molecule has 1 atom stereocenters. The van der Waals surface area contributed by atoms with Crippen LogP contribution in [0.1, 0.15) is 30.8 Å². The summed E-state index contributed by atoms with van der Waals surface area (Å²) < 4.78 is 25.2. The molecule has 2 aromatic rings. The van der Waals surface area contributed by atoms with E-state index in [1.165, 1.54) is 0 Å². The fraction of sp³-hybridized carbons (Fsp3) is 0.278. The summed E-state index contributed by atoms with van der Waals surface area (Å²) in [5.41, 5.74) is 1.72. The van der Waals surface area contributed by atoms with Gasteiger partial charge in [-0.25, -0.2) is 0 Å². The van der Waals surface area contributed by atoms with E-state index in [2.05, 4.69) is 20.9 Å². The molecule has 0 fully saturated rings. The quantitative estimate of drug-likeness (QED) is 0.406. The lowest BCUT2D eigenvalue weighted by Crippen LogP contribution is -2.05. The standard InChI is InChI=1S/C18H21BrNO3P/c1-3-22-24(21,23-4-2)18(16-8-6-5-7-9-16)20-14-15-10-12-17(19)13-11-15/h5-14,18H,3-4H2,1-2H3. The van der Waals surface area contributed by atoms with E-state index in [0.29, 0.717) is 13.2 Å². The topological polar surface area (TPSA) is 47.9 Å². The molecule has 2 rings (SSSR count). The molecule has 4 nitrogen and oxygen atoms in total. The summed E-state index contributed by atoms with van der Waals surface area (Å²) in [7, 11) is -3.41. The van der Waals surface area contributed by atoms with Gasteiger partial charge in [-0.3, -0.25) is 9.56 Å². The maximum absolute atomic E-state index is 13.2. The predicted molar refractivity (Wildman–Crippen MR) is 102 cm³/mol. The van der Waals surface area contributed by atoms with Gasteiger partial charge >= 0.3 is 7.60 Å². The molecule has 0 aromatic heterocycles. The van der Waals surface area contributed by atoms with Crippen LogP contribution in [-0.2, 0) is 13.6 Å². The van der Waals surface area contributed by atoms with Gasteiger partial charge in [-0.05, 0) is 37.1 Å². The van der Waals surface area contributed by atoms with E-state index >= 15 is 0 Å². The first-order valence-corrected chi connectivity index (χ1v) is 10.2. The van der Waals surface area contributed by atoms with Gasteiger partial charge in [0.25, 0.3) is 0 Å². The normalized spacial score (nSPS) is 13.3. The Morgan fingerprint density at radius 2 is 1.62 bits per heavy atom. The molecule has 0 saturated heterocycles. The molecule has 0 aliphatic carbocycles. The molecule has 6 heteroatoms. The number of benzene rings is 2. The summed E-state index contributed by atoms with van der Waals surface area (Å²) in [6, 6.07) is 17.2. The van der Waals surface area contributed by atoms with E-state index in [1.807, 2.05) is 54.6 Å². The van der Waals surface area contributed by atoms with E-state index in [9.17, 15) is 4.57 Å². The second-order valence-corrected chi connectivity index (χ2v) is 7.99. The minimum Gasteiger partial charge on any atom is -0.307 e. The molecule has 0 aliphatic rings. The van der Waals surface area contributed by atoms with Gasteiger partial charge < -0.3 is 9.05 Å². The SMILES string of the molecule is CCOP(=O)(OCC)C(N=Cc1ccc(Br)cc1)c1ccccc1. The number of aliphatic imine (C=N–C) groups is 1. The Hall–Kier alpha value is -1.26. The molecular formula is C18H21BrNO3P. The van der Waals surface area contributed by atoms with Crippen LogP contribution in [0.2, 0.25) is 0 Å². The van der Waals surface area contributed by atoms with E-state index in [4.69, 9.17) is 9.05 Å². The van der Waals surface area contributed by atoms with Gasteiger partial charge in [0.2, 0.25) is 0 Å². The van der Waals surface area contributed by atoms with Crippen molar-refractivity contribution < 1.29 is 13.6 Å². The molecule has 2 aromatic carbocycles. The molecule has 0 radical (unpaired) electrons. The van der Waals surface area contributed by atoms with Crippen LogP contribution in [0.3, 0.4) is 0 Å². The van der Waals surface area contributed by atoms with Crippen molar-refractivity contribution in [2.24, 2.45) is 4.99 Å². The highest BCUT2D eigenvalue weighted by Gasteiger charge is 2.36. The molecule has 0 amide bonds. The van der Waals surface area contributed by atoms with Crippen molar-refractivity contribution in [1.82, 2.24) is 0 Å². The molecule has 0 bridgehead atoms.